The van der Waals surface area contributed by atoms with Gasteiger partial charge in [-0.2, -0.15) is 0 Å². The van der Waals surface area contributed by atoms with Gasteiger partial charge < -0.3 is 15.4 Å². The summed E-state index contributed by atoms with van der Waals surface area (Å²) in [6.07, 6.45) is 1.01. The first-order valence-electron chi connectivity index (χ1n) is 5.78. The van der Waals surface area contributed by atoms with Crippen molar-refractivity contribution in [2.45, 2.75) is 13.3 Å². The third-order valence-corrected chi connectivity index (χ3v) is 2.56. The highest BCUT2D eigenvalue weighted by Crippen LogP contribution is 2.15. The van der Waals surface area contributed by atoms with E-state index >= 15 is 0 Å². The molecule has 0 amide bonds. The Labute approximate surface area is 98.2 Å². The van der Waals surface area contributed by atoms with Crippen molar-refractivity contribution >= 4 is 5.69 Å². The van der Waals surface area contributed by atoms with Gasteiger partial charge in [-0.05, 0) is 37.6 Å². The molecular weight excluding hydrogens is 200 g/mol. The predicted octanol–water partition coefficient (Wildman–Crippen LogP) is 1.80. The third kappa shape index (κ3) is 4.21. The standard InChI is InChI=1S/C13H22N2O/c1-12-5-3-6-13(11-12)15(8-4-7-14)9-10-16-2/h3,5-6,11H,4,7-10,14H2,1-2H3. The normalized spacial score (nSPS) is 10.4. The summed E-state index contributed by atoms with van der Waals surface area (Å²) in [5.74, 6) is 0. The molecule has 0 aromatic heterocycles. The minimum Gasteiger partial charge on any atom is -0.383 e. The molecule has 0 aliphatic heterocycles. The van der Waals surface area contributed by atoms with Crippen molar-refractivity contribution in [2.24, 2.45) is 5.73 Å². The number of methoxy groups -OCH3 is 1. The van der Waals surface area contributed by atoms with E-state index in [-0.39, 0.29) is 0 Å². The molecule has 0 saturated heterocycles. The van der Waals surface area contributed by atoms with Crippen molar-refractivity contribution in [3.63, 3.8) is 0 Å². The van der Waals surface area contributed by atoms with Crippen LogP contribution in [0.3, 0.4) is 0 Å². The summed E-state index contributed by atoms with van der Waals surface area (Å²) in [6, 6.07) is 8.54. The molecule has 1 aromatic rings. The fraction of sp³-hybridized carbons (Fsp3) is 0.538. The molecule has 0 radical (unpaired) electrons. The second-order valence-electron chi connectivity index (χ2n) is 3.96. The number of benzene rings is 1. The number of hydrogen-bond donors (Lipinski definition) is 1. The molecule has 0 heterocycles. The Kier molecular flexibility index (Phi) is 5.90. The van der Waals surface area contributed by atoms with E-state index in [4.69, 9.17) is 10.5 Å². The molecule has 0 bridgehead atoms. The summed E-state index contributed by atoms with van der Waals surface area (Å²) in [7, 11) is 1.73. The molecule has 3 heteroatoms. The second-order valence-corrected chi connectivity index (χ2v) is 3.96. The lowest BCUT2D eigenvalue weighted by atomic mass is 10.2. The molecule has 0 unspecified atom stereocenters. The van der Waals surface area contributed by atoms with Crippen LogP contribution in [0.15, 0.2) is 24.3 Å². The van der Waals surface area contributed by atoms with E-state index in [0.717, 1.165) is 32.7 Å². The van der Waals surface area contributed by atoms with Gasteiger partial charge in [-0.25, -0.2) is 0 Å². The summed E-state index contributed by atoms with van der Waals surface area (Å²) >= 11 is 0. The molecule has 16 heavy (non-hydrogen) atoms. The van der Waals surface area contributed by atoms with Crippen LogP contribution >= 0.6 is 0 Å². The minimum atomic E-state index is 0.731. The smallest absolute Gasteiger partial charge is 0.0637 e. The zero-order chi connectivity index (χ0) is 11.8. The zero-order valence-corrected chi connectivity index (χ0v) is 10.3. The maximum Gasteiger partial charge on any atom is 0.0637 e. The van der Waals surface area contributed by atoms with Gasteiger partial charge in [-0.3, -0.25) is 0 Å². The van der Waals surface area contributed by atoms with Gasteiger partial charge in [0.15, 0.2) is 0 Å². The highest BCUT2D eigenvalue weighted by molar-refractivity contribution is 5.48. The quantitative estimate of drug-likeness (QED) is 0.764. The average Bonchev–Trinajstić information content (AvgIpc) is 2.29. The summed E-state index contributed by atoms with van der Waals surface area (Å²) < 4.78 is 5.13. The molecule has 0 fully saturated rings. The van der Waals surface area contributed by atoms with Crippen LogP contribution < -0.4 is 10.6 Å². The van der Waals surface area contributed by atoms with E-state index in [1.54, 1.807) is 7.11 Å². The molecular formula is C13H22N2O. The van der Waals surface area contributed by atoms with Crippen LogP contribution in [-0.4, -0.2) is 33.4 Å². The van der Waals surface area contributed by atoms with Crippen molar-refractivity contribution in [1.29, 1.82) is 0 Å². The number of rotatable bonds is 7. The molecule has 1 rings (SSSR count). The van der Waals surface area contributed by atoms with E-state index in [1.807, 2.05) is 0 Å². The summed E-state index contributed by atoms with van der Waals surface area (Å²) in [4.78, 5) is 2.32. The van der Waals surface area contributed by atoms with Gasteiger partial charge in [0.25, 0.3) is 0 Å². The Morgan fingerprint density at radius 2 is 2.12 bits per heavy atom. The van der Waals surface area contributed by atoms with Gasteiger partial charge in [0.05, 0.1) is 6.61 Å². The van der Waals surface area contributed by atoms with Crippen molar-refractivity contribution in [1.82, 2.24) is 0 Å². The predicted molar refractivity (Wildman–Crippen MR) is 68.9 cm³/mol. The van der Waals surface area contributed by atoms with Crippen LogP contribution in [0, 0.1) is 6.92 Å². The van der Waals surface area contributed by atoms with Crippen LogP contribution in [0.2, 0.25) is 0 Å². The van der Waals surface area contributed by atoms with Crippen LogP contribution in [0.25, 0.3) is 0 Å². The molecule has 0 aliphatic rings. The van der Waals surface area contributed by atoms with Crippen LogP contribution in [0.5, 0.6) is 0 Å². The first kappa shape index (κ1) is 13.0. The zero-order valence-electron chi connectivity index (χ0n) is 10.3. The summed E-state index contributed by atoms with van der Waals surface area (Å²) in [5.41, 5.74) is 8.10. The fourth-order valence-electron chi connectivity index (χ4n) is 1.68. The Morgan fingerprint density at radius 1 is 1.31 bits per heavy atom. The molecule has 1 aromatic carbocycles. The van der Waals surface area contributed by atoms with Gasteiger partial charge in [0.1, 0.15) is 0 Å². The van der Waals surface area contributed by atoms with Gasteiger partial charge in [-0.15, -0.1) is 0 Å². The largest absolute Gasteiger partial charge is 0.383 e. The number of aryl methyl sites for hydroxylation is 1. The maximum absolute atomic E-state index is 5.56. The van der Waals surface area contributed by atoms with E-state index in [2.05, 4.69) is 36.1 Å². The molecule has 0 spiro atoms. The van der Waals surface area contributed by atoms with Crippen LogP contribution in [-0.2, 0) is 4.74 Å². The van der Waals surface area contributed by atoms with Crippen LogP contribution in [0.1, 0.15) is 12.0 Å². The molecule has 2 N–H and O–H groups in total. The summed E-state index contributed by atoms with van der Waals surface area (Å²) in [5, 5.41) is 0. The summed E-state index contributed by atoms with van der Waals surface area (Å²) in [6.45, 7) is 5.50. The van der Waals surface area contributed by atoms with Gasteiger partial charge in [0.2, 0.25) is 0 Å². The van der Waals surface area contributed by atoms with Gasteiger partial charge in [-0.1, -0.05) is 12.1 Å². The first-order chi connectivity index (χ1) is 7.77. The van der Waals surface area contributed by atoms with E-state index in [1.165, 1.54) is 11.3 Å². The van der Waals surface area contributed by atoms with E-state index in [9.17, 15) is 0 Å². The Hall–Kier alpha value is -1.06. The van der Waals surface area contributed by atoms with E-state index in [0.29, 0.717) is 0 Å². The second kappa shape index (κ2) is 7.25. The van der Waals surface area contributed by atoms with Gasteiger partial charge in [0, 0.05) is 25.9 Å². The van der Waals surface area contributed by atoms with Crippen molar-refractivity contribution in [3.8, 4) is 0 Å². The van der Waals surface area contributed by atoms with Crippen molar-refractivity contribution in [3.05, 3.63) is 29.8 Å². The molecule has 0 atom stereocenters. The molecule has 90 valence electrons. The number of nitrogens with two attached hydrogens (primary N) is 1. The number of ether oxygens (including phenoxy) is 1. The lowest BCUT2D eigenvalue weighted by Crippen LogP contribution is -2.29. The minimum absolute atomic E-state index is 0.731. The number of anilines is 1. The molecule has 3 nitrogen and oxygen atoms in total. The number of nitrogens with zero attached hydrogens (tertiary/aromatic N) is 1. The maximum atomic E-state index is 5.56. The monoisotopic (exact) mass is 222 g/mol. The van der Waals surface area contributed by atoms with Crippen molar-refractivity contribution < 1.29 is 4.74 Å². The fourth-order valence-corrected chi connectivity index (χ4v) is 1.68. The lowest BCUT2D eigenvalue weighted by molar-refractivity contribution is 0.205. The first-order valence-corrected chi connectivity index (χ1v) is 5.78. The Bertz CT molecular complexity index is 294. The van der Waals surface area contributed by atoms with Crippen LogP contribution in [0.4, 0.5) is 5.69 Å². The lowest BCUT2D eigenvalue weighted by Gasteiger charge is -2.24. The third-order valence-electron chi connectivity index (χ3n) is 2.56. The van der Waals surface area contributed by atoms with Gasteiger partial charge >= 0.3 is 0 Å². The topological polar surface area (TPSA) is 38.5 Å². The highest BCUT2D eigenvalue weighted by atomic mass is 16.5. The van der Waals surface area contributed by atoms with Crippen molar-refractivity contribution in [2.75, 3.05) is 38.3 Å². The molecule has 0 aliphatic carbocycles. The Balaban J connectivity index is 2.66. The Morgan fingerprint density at radius 3 is 2.75 bits per heavy atom. The SMILES string of the molecule is COCCN(CCCN)c1cccc(C)c1. The number of hydrogen-bond acceptors (Lipinski definition) is 3. The average molecular weight is 222 g/mol. The highest BCUT2D eigenvalue weighted by Gasteiger charge is 2.05. The van der Waals surface area contributed by atoms with E-state index < -0.39 is 0 Å². The molecule has 0 saturated carbocycles.